The first-order valence-corrected chi connectivity index (χ1v) is 6.67. The lowest BCUT2D eigenvalue weighted by Gasteiger charge is -2.10. The molecule has 2 aromatic carbocycles. The number of aryl methyl sites for hydroxylation is 1. The molecule has 0 saturated carbocycles. The summed E-state index contributed by atoms with van der Waals surface area (Å²) in [5.41, 5.74) is 8.49. The van der Waals surface area contributed by atoms with Gasteiger partial charge in [0.05, 0.1) is 28.9 Å². The van der Waals surface area contributed by atoms with E-state index < -0.39 is 0 Å². The second kappa shape index (κ2) is 4.93. The Labute approximate surface area is 125 Å². The SMILES string of the molecule is COc1cc(-n2c(N)nc3cc(F)c(C)cc32)ccc1Cl. The first-order chi connectivity index (χ1) is 10.0. The summed E-state index contributed by atoms with van der Waals surface area (Å²) in [5.74, 6) is 0.509. The Morgan fingerprint density at radius 3 is 2.76 bits per heavy atom. The number of anilines is 1. The van der Waals surface area contributed by atoms with E-state index >= 15 is 0 Å². The number of nitrogens with two attached hydrogens (primary N) is 1. The topological polar surface area (TPSA) is 53.1 Å². The standard InChI is InChI=1S/C15H13ClFN3O/c1-8-5-13-12(7-11(8)17)19-15(18)20(13)9-3-4-10(16)14(6-9)21-2/h3-7H,1-2H3,(H2,18,19). The van der Waals surface area contributed by atoms with Crippen LogP contribution in [0.1, 0.15) is 5.56 Å². The Kier molecular flexibility index (Phi) is 3.22. The van der Waals surface area contributed by atoms with Crippen molar-refractivity contribution in [3.63, 3.8) is 0 Å². The molecule has 4 nitrogen and oxygen atoms in total. The first-order valence-electron chi connectivity index (χ1n) is 6.29. The number of nitrogen functional groups attached to an aromatic ring is 1. The molecule has 0 saturated heterocycles. The molecule has 0 unspecified atom stereocenters. The molecule has 0 bridgehead atoms. The number of fused-ring (bicyclic) bond motifs is 1. The van der Waals surface area contributed by atoms with Gasteiger partial charge in [-0.25, -0.2) is 9.37 Å². The molecule has 3 rings (SSSR count). The molecule has 0 aliphatic carbocycles. The lowest BCUT2D eigenvalue weighted by molar-refractivity contribution is 0.415. The molecule has 2 N–H and O–H groups in total. The molecular weight excluding hydrogens is 293 g/mol. The minimum atomic E-state index is -0.305. The van der Waals surface area contributed by atoms with Crippen LogP contribution in [0.15, 0.2) is 30.3 Å². The van der Waals surface area contributed by atoms with E-state index in [9.17, 15) is 4.39 Å². The fourth-order valence-electron chi connectivity index (χ4n) is 2.28. The van der Waals surface area contributed by atoms with Gasteiger partial charge in [-0.3, -0.25) is 4.57 Å². The molecule has 0 aliphatic rings. The molecule has 0 aliphatic heterocycles. The lowest BCUT2D eigenvalue weighted by Crippen LogP contribution is -2.01. The van der Waals surface area contributed by atoms with Crippen LogP contribution in [0.3, 0.4) is 0 Å². The van der Waals surface area contributed by atoms with Gasteiger partial charge < -0.3 is 10.5 Å². The van der Waals surface area contributed by atoms with Crippen molar-refractivity contribution in [1.82, 2.24) is 9.55 Å². The van der Waals surface area contributed by atoms with Gasteiger partial charge in [0.15, 0.2) is 0 Å². The Hall–Kier alpha value is -2.27. The molecule has 1 aromatic heterocycles. The van der Waals surface area contributed by atoms with Gasteiger partial charge in [-0.15, -0.1) is 0 Å². The summed E-state index contributed by atoms with van der Waals surface area (Å²) in [7, 11) is 1.54. The second-order valence-corrected chi connectivity index (χ2v) is 5.12. The third-order valence-corrected chi connectivity index (χ3v) is 3.67. The van der Waals surface area contributed by atoms with Gasteiger partial charge in [0.1, 0.15) is 11.6 Å². The highest BCUT2D eigenvalue weighted by atomic mass is 35.5. The van der Waals surface area contributed by atoms with E-state index in [-0.39, 0.29) is 11.8 Å². The summed E-state index contributed by atoms with van der Waals surface area (Å²) < 4.78 is 20.6. The summed E-state index contributed by atoms with van der Waals surface area (Å²) in [6.45, 7) is 1.70. The zero-order valence-corrected chi connectivity index (χ0v) is 12.3. The zero-order chi connectivity index (χ0) is 15.1. The Morgan fingerprint density at radius 1 is 1.29 bits per heavy atom. The maximum atomic E-state index is 13.6. The molecule has 108 valence electrons. The fraction of sp³-hybridized carbons (Fsp3) is 0.133. The summed E-state index contributed by atoms with van der Waals surface area (Å²) in [6, 6.07) is 8.39. The number of benzene rings is 2. The number of aromatic nitrogens is 2. The zero-order valence-electron chi connectivity index (χ0n) is 11.5. The van der Waals surface area contributed by atoms with Crippen molar-refractivity contribution in [2.75, 3.05) is 12.8 Å². The van der Waals surface area contributed by atoms with Gasteiger partial charge in [0, 0.05) is 12.1 Å². The van der Waals surface area contributed by atoms with Gasteiger partial charge in [0.25, 0.3) is 0 Å². The number of ether oxygens (including phenoxy) is 1. The van der Waals surface area contributed by atoms with Crippen LogP contribution in [-0.2, 0) is 0 Å². The van der Waals surface area contributed by atoms with Crippen LogP contribution in [0.4, 0.5) is 10.3 Å². The van der Waals surface area contributed by atoms with Crippen molar-refractivity contribution in [3.8, 4) is 11.4 Å². The molecule has 0 amide bonds. The number of methoxy groups -OCH3 is 1. The van der Waals surface area contributed by atoms with Crippen molar-refractivity contribution in [2.45, 2.75) is 6.92 Å². The molecular formula is C15H13ClFN3O. The molecule has 3 aromatic rings. The Bertz CT molecular complexity index is 845. The highest BCUT2D eigenvalue weighted by Crippen LogP contribution is 2.30. The first kappa shape index (κ1) is 13.7. The minimum absolute atomic E-state index is 0.277. The maximum Gasteiger partial charge on any atom is 0.205 e. The van der Waals surface area contributed by atoms with Crippen LogP contribution < -0.4 is 10.5 Å². The second-order valence-electron chi connectivity index (χ2n) is 4.71. The van der Waals surface area contributed by atoms with Crippen molar-refractivity contribution in [3.05, 3.63) is 46.7 Å². The number of nitrogens with zero attached hydrogens (tertiary/aromatic N) is 2. The molecule has 0 radical (unpaired) electrons. The van der Waals surface area contributed by atoms with Crippen LogP contribution in [0.5, 0.6) is 5.75 Å². The van der Waals surface area contributed by atoms with Gasteiger partial charge in [-0.05, 0) is 30.7 Å². The van der Waals surface area contributed by atoms with Gasteiger partial charge >= 0.3 is 0 Å². The van der Waals surface area contributed by atoms with E-state index in [0.717, 1.165) is 11.2 Å². The maximum absolute atomic E-state index is 13.6. The van der Waals surface area contributed by atoms with Crippen LogP contribution in [0, 0.1) is 12.7 Å². The predicted molar refractivity (Wildman–Crippen MR) is 81.7 cm³/mol. The Balaban J connectivity index is 2.29. The highest BCUT2D eigenvalue weighted by molar-refractivity contribution is 6.32. The molecule has 0 spiro atoms. The smallest absolute Gasteiger partial charge is 0.205 e. The van der Waals surface area contributed by atoms with Gasteiger partial charge in [-0.2, -0.15) is 0 Å². The van der Waals surface area contributed by atoms with Crippen LogP contribution in [-0.4, -0.2) is 16.7 Å². The van der Waals surface area contributed by atoms with Crippen molar-refractivity contribution >= 4 is 28.6 Å². The Morgan fingerprint density at radius 2 is 2.05 bits per heavy atom. The van der Waals surface area contributed by atoms with Gasteiger partial charge in [0.2, 0.25) is 5.95 Å². The van der Waals surface area contributed by atoms with Crippen LogP contribution in [0.25, 0.3) is 16.7 Å². The summed E-state index contributed by atoms with van der Waals surface area (Å²) in [6.07, 6.45) is 0. The predicted octanol–water partition coefficient (Wildman–Crippen LogP) is 3.72. The fourth-order valence-corrected chi connectivity index (χ4v) is 2.47. The van der Waals surface area contributed by atoms with Crippen LogP contribution >= 0.6 is 11.6 Å². The van der Waals surface area contributed by atoms with E-state index in [2.05, 4.69) is 4.98 Å². The van der Waals surface area contributed by atoms with E-state index in [1.165, 1.54) is 6.07 Å². The molecule has 0 atom stereocenters. The number of imidazole rings is 1. The number of rotatable bonds is 2. The third-order valence-electron chi connectivity index (χ3n) is 3.35. The molecule has 1 heterocycles. The molecule has 21 heavy (non-hydrogen) atoms. The molecule has 6 heteroatoms. The minimum Gasteiger partial charge on any atom is -0.495 e. The average molecular weight is 306 g/mol. The van der Waals surface area contributed by atoms with Crippen molar-refractivity contribution in [2.24, 2.45) is 0 Å². The van der Waals surface area contributed by atoms with E-state index in [0.29, 0.717) is 21.9 Å². The van der Waals surface area contributed by atoms with Crippen molar-refractivity contribution in [1.29, 1.82) is 0 Å². The monoisotopic (exact) mass is 305 g/mol. The lowest BCUT2D eigenvalue weighted by atomic mass is 10.2. The summed E-state index contributed by atoms with van der Waals surface area (Å²) in [5, 5.41) is 0.506. The van der Waals surface area contributed by atoms with Crippen molar-refractivity contribution < 1.29 is 9.13 Å². The number of hydrogen-bond acceptors (Lipinski definition) is 3. The van der Waals surface area contributed by atoms with Crippen LogP contribution in [0.2, 0.25) is 5.02 Å². The quantitative estimate of drug-likeness (QED) is 0.785. The normalized spacial score (nSPS) is 11.0. The summed E-state index contributed by atoms with van der Waals surface area (Å²) in [4.78, 5) is 4.20. The van der Waals surface area contributed by atoms with E-state index in [4.69, 9.17) is 22.1 Å². The number of halogens is 2. The number of hydrogen-bond donors (Lipinski definition) is 1. The van der Waals surface area contributed by atoms with E-state index in [1.54, 1.807) is 42.9 Å². The third kappa shape index (κ3) is 2.19. The van der Waals surface area contributed by atoms with E-state index in [1.807, 2.05) is 0 Å². The van der Waals surface area contributed by atoms with Gasteiger partial charge in [-0.1, -0.05) is 11.6 Å². The largest absolute Gasteiger partial charge is 0.495 e. The average Bonchev–Trinajstić information content (AvgIpc) is 2.75. The highest BCUT2D eigenvalue weighted by Gasteiger charge is 2.14. The molecule has 0 fully saturated rings. The summed E-state index contributed by atoms with van der Waals surface area (Å²) >= 11 is 6.03.